The van der Waals surface area contributed by atoms with E-state index in [9.17, 15) is 9.90 Å². The van der Waals surface area contributed by atoms with Gasteiger partial charge in [0.2, 0.25) is 5.91 Å². The molecule has 1 heterocycles. The molecule has 1 aliphatic carbocycles. The molecule has 0 saturated heterocycles. The van der Waals surface area contributed by atoms with E-state index in [-0.39, 0.29) is 11.8 Å². The zero-order valence-corrected chi connectivity index (χ0v) is 10.6. The Bertz CT molecular complexity index is 355. The van der Waals surface area contributed by atoms with Gasteiger partial charge in [0, 0.05) is 12.5 Å². The zero-order chi connectivity index (χ0) is 12.8. The van der Waals surface area contributed by atoms with Gasteiger partial charge in [0.25, 0.3) is 0 Å². The van der Waals surface area contributed by atoms with E-state index in [2.05, 4.69) is 5.32 Å². The summed E-state index contributed by atoms with van der Waals surface area (Å²) >= 11 is 0. The molecule has 0 bridgehead atoms. The molecule has 0 aromatic carbocycles. The van der Waals surface area contributed by atoms with Gasteiger partial charge in [-0.25, -0.2) is 0 Å². The van der Waals surface area contributed by atoms with Crippen LogP contribution in [-0.4, -0.2) is 17.6 Å². The number of furan rings is 1. The second kappa shape index (κ2) is 6.59. The van der Waals surface area contributed by atoms with Crippen molar-refractivity contribution < 1.29 is 14.3 Å². The van der Waals surface area contributed by atoms with Crippen molar-refractivity contribution >= 4 is 5.91 Å². The van der Waals surface area contributed by atoms with E-state index in [1.807, 2.05) is 0 Å². The number of hydrogen-bond acceptors (Lipinski definition) is 3. The lowest BCUT2D eigenvalue weighted by atomic mass is 9.88. The minimum Gasteiger partial charge on any atom is -0.467 e. The average molecular weight is 251 g/mol. The number of rotatable bonds is 5. The molecule has 18 heavy (non-hydrogen) atoms. The first-order chi connectivity index (χ1) is 8.77. The van der Waals surface area contributed by atoms with Gasteiger partial charge in [-0.3, -0.25) is 4.79 Å². The van der Waals surface area contributed by atoms with Gasteiger partial charge in [-0.05, 0) is 31.4 Å². The fourth-order valence-corrected chi connectivity index (χ4v) is 2.46. The molecular formula is C14H21NO3. The van der Waals surface area contributed by atoms with Crippen LogP contribution in [0.2, 0.25) is 0 Å². The zero-order valence-electron chi connectivity index (χ0n) is 10.6. The highest BCUT2D eigenvalue weighted by Gasteiger charge is 2.20. The van der Waals surface area contributed by atoms with Crippen molar-refractivity contribution in [3.8, 4) is 0 Å². The van der Waals surface area contributed by atoms with Gasteiger partial charge < -0.3 is 14.8 Å². The summed E-state index contributed by atoms with van der Waals surface area (Å²) < 4.78 is 5.11. The Labute approximate surface area is 107 Å². The summed E-state index contributed by atoms with van der Waals surface area (Å²) in [5.41, 5.74) is 0. The number of nitrogens with one attached hydrogen (secondary N) is 1. The van der Waals surface area contributed by atoms with Crippen LogP contribution in [0.4, 0.5) is 0 Å². The number of carbonyl (C=O) groups is 1. The molecule has 1 amide bonds. The first kappa shape index (κ1) is 13.1. The van der Waals surface area contributed by atoms with Crippen molar-refractivity contribution in [2.24, 2.45) is 5.92 Å². The van der Waals surface area contributed by atoms with Crippen molar-refractivity contribution in [3.63, 3.8) is 0 Å². The van der Waals surface area contributed by atoms with Crippen LogP contribution in [-0.2, 0) is 4.79 Å². The van der Waals surface area contributed by atoms with Crippen LogP contribution in [0.1, 0.15) is 50.4 Å². The fourth-order valence-electron chi connectivity index (χ4n) is 2.46. The van der Waals surface area contributed by atoms with Crippen LogP contribution >= 0.6 is 0 Å². The summed E-state index contributed by atoms with van der Waals surface area (Å²) in [4.78, 5) is 11.8. The van der Waals surface area contributed by atoms with Gasteiger partial charge >= 0.3 is 0 Å². The third kappa shape index (κ3) is 3.60. The summed E-state index contributed by atoms with van der Waals surface area (Å²) in [6.07, 6.45) is 6.98. The maximum atomic E-state index is 11.8. The third-order valence-electron chi connectivity index (χ3n) is 3.56. The second-order valence-corrected chi connectivity index (χ2v) is 4.95. The van der Waals surface area contributed by atoms with Crippen molar-refractivity contribution in [2.75, 3.05) is 6.54 Å². The maximum Gasteiger partial charge on any atom is 0.223 e. The molecule has 1 unspecified atom stereocenters. The molecule has 1 aromatic rings. The van der Waals surface area contributed by atoms with E-state index in [1.165, 1.54) is 6.42 Å². The summed E-state index contributed by atoms with van der Waals surface area (Å²) in [5.74, 6) is 0.878. The van der Waals surface area contributed by atoms with Crippen LogP contribution < -0.4 is 5.32 Å². The molecule has 4 heteroatoms. The summed E-state index contributed by atoms with van der Waals surface area (Å²) in [6, 6.07) is 3.49. The van der Waals surface area contributed by atoms with Crippen LogP contribution in [0.3, 0.4) is 0 Å². The molecular weight excluding hydrogens is 230 g/mol. The van der Waals surface area contributed by atoms with Crippen molar-refractivity contribution in [3.05, 3.63) is 24.2 Å². The Morgan fingerprint density at radius 3 is 2.89 bits per heavy atom. The highest BCUT2D eigenvalue weighted by atomic mass is 16.4. The van der Waals surface area contributed by atoms with Gasteiger partial charge in [-0.15, -0.1) is 0 Å². The Morgan fingerprint density at radius 2 is 2.22 bits per heavy atom. The smallest absolute Gasteiger partial charge is 0.223 e. The molecule has 1 aromatic heterocycles. The molecule has 1 fully saturated rings. The first-order valence-electron chi connectivity index (χ1n) is 6.76. The predicted molar refractivity (Wildman–Crippen MR) is 67.9 cm³/mol. The monoisotopic (exact) mass is 251 g/mol. The Kier molecular flexibility index (Phi) is 4.81. The number of aliphatic hydroxyl groups is 1. The first-order valence-corrected chi connectivity index (χ1v) is 6.76. The molecule has 0 aliphatic heterocycles. The second-order valence-electron chi connectivity index (χ2n) is 4.95. The lowest BCUT2D eigenvalue weighted by Crippen LogP contribution is -2.33. The third-order valence-corrected chi connectivity index (χ3v) is 3.56. The normalized spacial score (nSPS) is 18.5. The largest absolute Gasteiger partial charge is 0.467 e. The van der Waals surface area contributed by atoms with Crippen LogP contribution in [0.5, 0.6) is 0 Å². The molecule has 100 valence electrons. The number of carbonyl (C=O) groups excluding carboxylic acids is 1. The van der Waals surface area contributed by atoms with E-state index in [1.54, 1.807) is 18.4 Å². The van der Waals surface area contributed by atoms with Gasteiger partial charge in [0.1, 0.15) is 11.9 Å². The molecule has 0 spiro atoms. The maximum absolute atomic E-state index is 11.8. The molecule has 4 nitrogen and oxygen atoms in total. The highest BCUT2D eigenvalue weighted by molar-refractivity contribution is 5.78. The molecule has 2 N–H and O–H groups in total. The van der Waals surface area contributed by atoms with Gasteiger partial charge in [0.05, 0.1) is 6.26 Å². The van der Waals surface area contributed by atoms with E-state index in [4.69, 9.17) is 4.42 Å². The summed E-state index contributed by atoms with van der Waals surface area (Å²) in [6.45, 7) is 0.497. The highest BCUT2D eigenvalue weighted by Crippen LogP contribution is 2.23. The Balaban J connectivity index is 1.67. The fraction of sp³-hybridized carbons (Fsp3) is 0.643. The molecule has 0 radical (unpaired) electrons. The van der Waals surface area contributed by atoms with Gasteiger partial charge in [0.15, 0.2) is 0 Å². The van der Waals surface area contributed by atoms with E-state index < -0.39 is 6.10 Å². The van der Waals surface area contributed by atoms with E-state index in [0.29, 0.717) is 18.7 Å². The van der Waals surface area contributed by atoms with Crippen LogP contribution in [0, 0.1) is 5.92 Å². The minimum absolute atomic E-state index is 0.140. The number of aliphatic hydroxyl groups excluding tert-OH is 1. The molecule has 2 rings (SSSR count). The van der Waals surface area contributed by atoms with Gasteiger partial charge in [-0.1, -0.05) is 19.3 Å². The van der Waals surface area contributed by atoms with Crippen molar-refractivity contribution in [1.82, 2.24) is 5.32 Å². The predicted octanol–water partition coefficient (Wildman–Crippen LogP) is 2.40. The lowest BCUT2D eigenvalue weighted by molar-refractivity contribution is -0.126. The van der Waals surface area contributed by atoms with Crippen LogP contribution in [0.15, 0.2) is 22.8 Å². The van der Waals surface area contributed by atoms with Crippen LogP contribution in [0.25, 0.3) is 0 Å². The number of hydrogen-bond donors (Lipinski definition) is 2. The van der Waals surface area contributed by atoms with Gasteiger partial charge in [-0.2, -0.15) is 0 Å². The van der Waals surface area contributed by atoms with Crippen molar-refractivity contribution in [2.45, 2.75) is 44.6 Å². The summed E-state index contributed by atoms with van der Waals surface area (Å²) in [5, 5.41) is 12.7. The van der Waals surface area contributed by atoms with E-state index in [0.717, 1.165) is 25.7 Å². The van der Waals surface area contributed by atoms with E-state index >= 15 is 0 Å². The standard InChI is InChI=1S/C14H21NO3/c16-12(13-7-4-10-18-13)8-9-15-14(17)11-5-2-1-3-6-11/h4,7,10-12,16H,1-3,5-6,8-9H2,(H,15,17). The molecule has 1 aliphatic rings. The lowest BCUT2D eigenvalue weighted by Gasteiger charge is -2.21. The minimum atomic E-state index is -0.633. The SMILES string of the molecule is O=C(NCCC(O)c1ccco1)C1CCCCC1. The molecule has 1 atom stereocenters. The number of amides is 1. The summed E-state index contributed by atoms with van der Waals surface area (Å²) in [7, 11) is 0. The Morgan fingerprint density at radius 1 is 1.44 bits per heavy atom. The average Bonchev–Trinajstić information content (AvgIpc) is 2.93. The van der Waals surface area contributed by atoms with Crippen molar-refractivity contribution in [1.29, 1.82) is 0 Å². The topological polar surface area (TPSA) is 62.5 Å². The Hall–Kier alpha value is -1.29. The quantitative estimate of drug-likeness (QED) is 0.844. The molecule has 1 saturated carbocycles.